The summed E-state index contributed by atoms with van der Waals surface area (Å²) in [7, 11) is 0. The van der Waals surface area contributed by atoms with E-state index in [9.17, 15) is 18.3 Å². The van der Waals surface area contributed by atoms with Crippen LogP contribution in [0.4, 0.5) is 18.9 Å². The van der Waals surface area contributed by atoms with Gasteiger partial charge in [0.2, 0.25) is 0 Å². The highest BCUT2D eigenvalue weighted by atomic mass is 19.4. The summed E-state index contributed by atoms with van der Waals surface area (Å²) >= 11 is 0. The van der Waals surface area contributed by atoms with Gasteiger partial charge in [0.1, 0.15) is 11.6 Å². The summed E-state index contributed by atoms with van der Waals surface area (Å²) in [6.45, 7) is 0. The number of alkyl halides is 3. The molecule has 0 atom stereocenters. The van der Waals surface area contributed by atoms with Crippen molar-refractivity contribution in [2.75, 3.05) is 5.73 Å². The van der Waals surface area contributed by atoms with Crippen LogP contribution in [0.3, 0.4) is 0 Å². The number of nitrogens with zero attached hydrogens (tertiary/aromatic N) is 1. The van der Waals surface area contributed by atoms with Gasteiger partial charge in [-0.05, 0) is 30.3 Å². The number of phenols is 1. The Morgan fingerprint density at radius 3 is 2.57 bits per heavy atom. The Bertz CT molecular complexity index is 824. The molecule has 0 unspecified atom stereocenters. The summed E-state index contributed by atoms with van der Waals surface area (Å²) in [4.78, 5) is 7.05. The van der Waals surface area contributed by atoms with Crippen molar-refractivity contribution in [3.63, 3.8) is 0 Å². The van der Waals surface area contributed by atoms with Crippen LogP contribution >= 0.6 is 0 Å². The SMILES string of the molecule is Nc1ccc(C(F)(F)F)cc1-c1nc2ccc(O)cc2[nH]1. The predicted molar refractivity (Wildman–Crippen MR) is 72.6 cm³/mol. The molecule has 0 bridgehead atoms. The number of nitrogen functional groups attached to an aromatic ring is 1. The molecular weight excluding hydrogens is 283 g/mol. The number of imidazole rings is 1. The Balaban J connectivity index is 2.17. The van der Waals surface area contributed by atoms with Crippen molar-refractivity contribution in [3.8, 4) is 17.1 Å². The van der Waals surface area contributed by atoms with E-state index in [1.807, 2.05) is 0 Å². The topological polar surface area (TPSA) is 74.9 Å². The lowest BCUT2D eigenvalue weighted by Crippen LogP contribution is -2.06. The van der Waals surface area contributed by atoms with E-state index in [1.165, 1.54) is 18.2 Å². The number of anilines is 1. The molecular formula is C14H10F3N3O. The first-order valence-electron chi connectivity index (χ1n) is 6.00. The van der Waals surface area contributed by atoms with Crippen molar-refractivity contribution >= 4 is 16.7 Å². The largest absolute Gasteiger partial charge is 0.508 e. The van der Waals surface area contributed by atoms with Crippen molar-refractivity contribution in [1.82, 2.24) is 9.97 Å². The number of nitrogens with one attached hydrogen (secondary N) is 1. The third-order valence-electron chi connectivity index (χ3n) is 3.10. The van der Waals surface area contributed by atoms with Crippen LogP contribution in [0.1, 0.15) is 5.56 Å². The quantitative estimate of drug-likeness (QED) is 0.601. The Hall–Kier alpha value is -2.70. The van der Waals surface area contributed by atoms with Gasteiger partial charge >= 0.3 is 6.18 Å². The second-order valence-electron chi connectivity index (χ2n) is 4.59. The molecule has 0 aliphatic carbocycles. The van der Waals surface area contributed by atoms with Gasteiger partial charge in [-0.3, -0.25) is 0 Å². The smallest absolute Gasteiger partial charge is 0.416 e. The van der Waals surface area contributed by atoms with E-state index < -0.39 is 11.7 Å². The summed E-state index contributed by atoms with van der Waals surface area (Å²) in [5.74, 6) is 0.258. The average molecular weight is 293 g/mol. The van der Waals surface area contributed by atoms with Gasteiger partial charge in [0, 0.05) is 17.3 Å². The van der Waals surface area contributed by atoms with Crippen LogP contribution in [-0.4, -0.2) is 15.1 Å². The number of hydrogen-bond donors (Lipinski definition) is 3. The number of aromatic nitrogens is 2. The number of aromatic amines is 1. The van der Waals surface area contributed by atoms with E-state index in [-0.39, 0.29) is 22.8 Å². The van der Waals surface area contributed by atoms with E-state index in [0.29, 0.717) is 11.0 Å². The van der Waals surface area contributed by atoms with E-state index in [1.54, 1.807) is 6.07 Å². The molecule has 0 aliphatic heterocycles. The molecule has 1 aromatic heterocycles. The molecule has 1 heterocycles. The molecule has 21 heavy (non-hydrogen) atoms. The molecule has 2 aromatic carbocycles. The zero-order valence-electron chi connectivity index (χ0n) is 10.6. The maximum absolute atomic E-state index is 12.8. The Morgan fingerprint density at radius 1 is 1.10 bits per heavy atom. The maximum Gasteiger partial charge on any atom is 0.416 e. The second kappa shape index (κ2) is 4.41. The third kappa shape index (κ3) is 2.37. The monoisotopic (exact) mass is 293 g/mol. The van der Waals surface area contributed by atoms with Crippen LogP contribution in [0.15, 0.2) is 36.4 Å². The van der Waals surface area contributed by atoms with Crippen LogP contribution in [0.5, 0.6) is 5.75 Å². The molecule has 0 saturated carbocycles. The first-order valence-corrected chi connectivity index (χ1v) is 6.00. The lowest BCUT2D eigenvalue weighted by Gasteiger charge is -2.09. The summed E-state index contributed by atoms with van der Waals surface area (Å²) in [6, 6.07) is 7.52. The molecule has 3 aromatic rings. The molecule has 0 amide bonds. The number of benzene rings is 2. The molecule has 0 spiro atoms. The molecule has 0 saturated heterocycles. The van der Waals surface area contributed by atoms with E-state index in [0.717, 1.165) is 12.1 Å². The summed E-state index contributed by atoms with van der Waals surface area (Å²) in [6.07, 6.45) is -4.45. The van der Waals surface area contributed by atoms with Gasteiger partial charge in [-0.1, -0.05) is 0 Å². The Kier molecular flexibility index (Phi) is 2.79. The van der Waals surface area contributed by atoms with E-state index in [4.69, 9.17) is 5.73 Å². The number of H-pyrrole nitrogens is 1. The highest BCUT2D eigenvalue weighted by molar-refractivity contribution is 5.83. The van der Waals surface area contributed by atoms with Crippen molar-refractivity contribution < 1.29 is 18.3 Å². The number of phenolic OH excluding ortho intramolecular Hbond substituents is 1. The van der Waals surface area contributed by atoms with Gasteiger partial charge in [-0.15, -0.1) is 0 Å². The number of rotatable bonds is 1. The molecule has 4 N–H and O–H groups in total. The molecule has 7 heteroatoms. The average Bonchev–Trinajstić information content (AvgIpc) is 2.80. The number of aromatic hydroxyl groups is 1. The fourth-order valence-electron chi connectivity index (χ4n) is 2.06. The van der Waals surface area contributed by atoms with Gasteiger partial charge in [0.05, 0.1) is 16.6 Å². The zero-order valence-corrected chi connectivity index (χ0v) is 10.6. The number of nitrogens with two attached hydrogens (primary N) is 1. The van der Waals surface area contributed by atoms with Crippen LogP contribution in [0.2, 0.25) is 0 Å². The summed E-state index contributed by atoms with van der Waals surface area (Å²) < 4.78 is 38.3. The van der Waals surface area contributed by atoms with E-state index in [2.05, 4.69) is 9.97 Å². The molecule has 0 fully saturated rings. The highest BCUT2D eigenvalue weighted by Crippen LogP contribution is 2.34. The van der Waals surface area contributed by atoms with Gasteiger partial charge in [0.25, 0.3) is 0 Å². The normalized spacial score (nSPS) is 12.0. The first-order chi connectivity index (χ1) is 9.84. The minimum absolute atomic E-state index is 0.0368. The number of fused-ring (bicyclic) bond motifs is 1. The van der Waals surface area contributed by atoms with Crippen molar-refractivity contribution in [2.24, 2.45) is 0 Å². The highest BCUT2D eigenvalue weighted by Gasteiger charge is 2.31. The standard InChI is InChI=1S/C14H10F3N3O/c15-14(16,17)7-1-3-10(18)9(5-7)13-19-11-4-2-8(21)6-12(11)20-13/h1-6,21H,18H2,(H,19,20). The van der Waals surface area contributed by atoms with Gasteiger partial charge in [-0.25, -0.2) is 4.98 Å². The fourth-order valence-corrected chi connectivity index (χ4v) is 2.06. The summed E-state index contributed by atoms with van der Waals surface area (Å²) in [5.41, 5.74) is 6.34. The van der Waals surface area contributed by atoms with E-state index >= 15 is 0 Å². The van der Waals surface area contributed by atoms with Crippen molar-refractivity contribution in [1.29, 1.82) is 0 Å². The van der Waals surface area contributed by atoms with Crippen LogP contribution in [0.25, 0.3) is 22.4 Å². The second-order valence-corrected chi connectivity index (χ2v) is 4.59. The third-order valence-corrected chi connectivity index (χ3v) is 3.10. The van der Waals surface area contributed by atoms with Crippen molar-refractivity contribution in [2.45, 2.75) is 6.18 Å². The van der Waals surface area contributed by atoms with Crippen LogP contribution < -0.4 is 5.73 Å². The zero-order chi connectivity index (χ0) is 15.2. The first kappa shape index (κ1) is 13.3. The Morgan fingerprint density at radius 2 is 1.86 bits per heavy atom. The minimum atomic E-state index is -4.45. The fraction of sp³-hybridized carbons (Fsp3) is 0.0714. The Labute approximate surface area is 117 Å². The van der Waals surface area contributed by atoms with Crippen molar-refractivity contribution in [3.05, 3.63) is 42.0 Å². The minimum Gasteiger partial charge on any atom is -0.508 e. The maximum atomic E-state index is 12.8. The molecule has 4 nitrogen and oxygen atoms in total. The number of halogens is 3. The molecule has 108 valence electrons. The number of hydrogen-bond acceptors (Lipinski definition) is 3. The van der Waals surface area contributed by atoms with Gasteiger partial charge in [-0.2, -0.15) is 13.2 Å². The lowest BCUT2D eigenvalue weighted by atomic mass is 10.1. The van der Waals surface area contributed by atoms with Gasteiger partial charge < -0.3 is 15.8 Å². The van der Waals surface area contributed by atoms with Crippen LogP contribution in [0, 0.1) is 0 Å². The lowest BCUT2D eigenvalue weighted by molar-refractivity contribution is -0.137. The molecule has 3 rings (SSSR count). The summed E-state index contributed by atoms with van der Waals surface area (Å²) in [5, 5.41) is 9.39. The van der Waals surface area contributed by atoms with Gasteiger partial charge in [0.15, 0.2) is 0 Å². The van der Waals surface area contributed by atoms with Crippen LogP contribution in [-0.2, 0) is 6.18 Å². The predicted octanol–water partition coefficient (Wildman–Crippen LogP) is 3.54. The molecule has 0 radical (unpaired) electrons. The molecule has 0 aliphatic rings.